The average Bonchev–Trinajstić information content (AvgIpc) is 3.02. The standard InChI is InChI=1S/C14H11Cl3N2O2S/c15-9-8(12(20)10(16)11(17)13(9)21)7-6-18-14(22-7)19-4-2-1-3-5-19/h6H,1-5H2. The molecule has 1 aromatic rings. The lowest BCUT2D eigenvalue weighted by molar-refractivity contribution is -0.114. The minimum absolute atomic E-state index is 0.0850. The highest BCUT2D eigenvalue weighted by molar-refractivity contribution is 7.17. The van der Waals surface area contributed by atoms with E-state index >= 15 is 0 Å². The number of thiazole rings is 1. The van der Waals surface area contributed by atoms with Gasteiger partial charge in [0.2, 0.25) is 11.6 Å². The molecule has 4 nitrogen and oxygen atoms in total. The number of aromatic nitrogens is 1. The van der Waals surface area contributed by atoms with E-state index in [1.165, 1.54) is 17.8 Å². The summed E-state index contributed by atoms with van der Waals surface area (Å²) in [6, 6.07) is 0. The van der Waals surface area contributed by atoms with Crippen LogP contribution in [-0.4, -0.2) is 29.6 Å². The maximum absolute atomic E-state index is 12.3. The van der Waals surface area contributed by atoms with Crippen molar-refractivity contribution >= 4 is 68.4 Å². The Kier molecular flexibility index (Phi) is 4.59. The molecule has 0 aromatic carbocycles. The fourth-order valence-corrected chi connectivity index (χ4v) is 4.21. The van der Waals surface area contributed by atoms with Gasteiger partial charge in [-0.1, -0.05) is 46.1 Å². The lowest BCUT2D eigenvalue weighted by atomic mass is 10.0. The van der Waals surface area contributed by atoms with Crippen molar-refractivity contribution in [1.29, 1.82) is 0 Å². The Labute approximate surface area is 146 Å². The van der Waals surface area contributed by atoms with Gasteiger partial charge in [-0.2, -0.15) is 0 Å². The molecule has 1 aromatic heterocycles. The first-order valence-corrected chi connectivity index (χ1v) is 8.71. The number of halogens is 3. The smallest absolute Gasteiger partial charge is 0.218 e. The lowest BCUT2D eigenvalue weighted by Gasteiger charge is -2.25. The van der Waals surface area contributed by atoms with Gasteiger partial charge < -0.3 is 4.90 Å². The van der Waals surface area contributed by atoms with Crippen LogP contribution in [-0.2, 0) is 9.59 Å². The number of nitrogens with zero attached hydrogens (tertiary/aromatic N) is 2. The van der Waals surface area contributed by atoms with Crippen molar-refractivity contribution in [2.45, 2.75) is 19.3 Å². The summed E-state index contributed by atoms with van der Waals surface area (Å²) in [5, 5.41) is -0.00268. The Hall–Kier alpha value is -0.880. The van der Waals surface area contributed by atoms with E-state index < -0.39 is 11.6 Å². The van der Waals surface area contributed by atoms with Gasteiger partial charge in [-0.05, 0) is 19.3 Å². The highest BCUT2D eigenvalue weighted by Crippen LogP contribution is 2.39. The van der Waals surface area contributed by atoms with Crippen LogP contribution in [0.3, 0.4) is 0 Å². The van der Waals surface area contributed by atoms with E-state index in [4.69, 9.17) is 34.8 Å². The molecule has 0 saturated carbocycles. The van der Waals surface area contributed by atoms with Crippen molar-refractivity contribution in [1.82, 2.24) is 4.98 Å². The molecule has 2 aliphatic rings. The number of anilines is 1. The first kappa shape index (κ1) is 16.0. The fourth-order valence-electron chi connectivity index (χ4n) is 2.45. The summed E-state index contributed by atoms with van der Waals surface area (Å²) in [7, 11) is 0. The molecule has 0 bridgehead atoms. The van der Waals surface area contributed by atoms with Crippen molar-refractivity contribution in [3.8, 4) is 0 Å². The van der Waals surface area contributed by atoms with Crippen molar-refractivity contribution in [3.05, 3.63) is 26.2 Å². The first-order valence-electron chi connectivity index (χ1n) is 6.76. The Morgan fingerprint density at radius 2 is 1.59 bits per heavy atom. The van der Waals surface area contributed by atoms with Gasteiger partial charge in [0.05, 0.1) is 10.5 Å². The van der Waals surface area contributed by atoms with Crippen LogP contribution >= 0.6 is 46.1 Å². The van der Waals surface area contributed by atoms with Crippen LogP contribution in [0.4, 0.5) is 5.13 Å². The molecular formula is C14H11Cl3N2O2S. The molecule has 0 spiro atoms. The van der Waals surface area contributed by atoms with E-state index in [2.05, 4.69) is 9.88 Å². The zero-order chi connectivity index (χ0) is 15.9. The molecule has 1 fully saturated rings. The number of ketones is 2. The van der Waals surface area contributed by atoms with E-state index in [0.29, 0.717) is 4.88 Å². The van der Waals surface area contributed by atoms with Crippen LogP contribution < -0.4 is 4.90 Å². The lowest BCUT2D eigenvalue weighted by Crippen LogP contribution is -2.29. The minimum atomic E-state index is -0.629. The van der Waals surface area contributed by atoms with E-state index in [1.54, 1.807) is 6.20 Å². The van der Waals surface area contributed by atoms with Crippen LogP contribution in [0.5, 0.6) is 0 Å². The summed E-state index contributed by atoms with van der Waals surface area (Å²) in [5.41, 5.74) is 0.0850. The SMILES string of the molecule is O=C1C(Cl)=C(Cl)C(=O)C(c2cnc(N3CCCCC3)s2)=C1Cl. The Bertz CT molecular complexity index is 717. The van der Waals surface area contributed by atoms with Crippen molar-refractivity contribution in [2.24, 2.45) is 0 Å². The molecule has 1 saturated heterocycles. The summed E-state index contributed by atoms with van der Waals surface area (Å²) in [5.74, 6) is -1.17. The maximum Gasteiger partial charge on any atom is 0.218 e. The van der Waals surface area contributed by atoms with Gasteiger partial charge in [-0.3, -0.25) is 9.59 Å². The third-order valence-corrected chi connectivity index (χ3v) is 5.86. The van der Waals surface area contributed by atoms with Gasteiger partial charge in [0.1, 0.15) is 15.1 Å². The maximum atomic E-state index is 12.3. The highest BCUT2D eigenvalue weighted by atomic mass is 35.5. The van der Waals surface area contributed by atoms with Gasteiger partial charge in [0.25, 0.3) is 0 Å². The second-order valence-electron chi connectivity index (χ2n) is 5.03. The topological polar surface area (TPSA) is 50.3 Å². The zero-order valence-electron chi connectivity index (χ0n) is 11.4. The normalized spacial score (nSPS) is 20.2. The third kappa shape index (κ3) is 2.71. The van der Waals surface area contributed by atoms with Gasteiger partial charge >= 0.3 is 0 Å². The molecule has 0 radical (unpaired) electrons. The molecule has 22 heavy (non-hydrogen) atoms. The fraction of sp³-hybridized carbons (Fsp3) is 0.357. The molecule has 0 N–H and O–H groups in total. The number of Topliss-reactive ketones (excluding diaryl/α,β-unsaturated/α-hetero) is 2. The quantitative estimate of drug-likeness (QED) is 0.733. The number of hydrogen-bond donors (Lipinski definition) is 0. The van der Waals surface area contributed by atoms with E-state index in [1.807, 2.05) is 0 Å². The van der Waals surface area contributed by atoms with Crippen molar-refractivity contribution in [3.63, 3.8) is 0 Å². The van der Waals surface area contributed by atoms with Gasteiger partial charge in [-0.15, -0.1) is 0 Å². The summed E-state index contributed by atoms with van der Waals surface area (Å²) in [4.78, 5) is 31.3. The average molecular weight is 378 g/mol. The molecule has 1 aliphatic heterocycles. The van der Waals surface area contributed by atoms with Crippen LogP contribution in [0.1, 0.15) is 24.1 Å². The van der Waals surface area contributed by atoms with E-state index in [-0.39, 0.29) is 20.7 Å². The predicted molar refractivity (Wildman–Crippen MR) is 89.7 cm³/mol. The van der Waals surface area contributed by atoms with E-state index in [0.717, 1.165) is 31.1 Å². The monoisotopic (exact) mass is 376 g/mol. The summed E-state index contributed by atoms with van der Waals surface area (Å²) >= 11 is 18.9. The number of rotatable bonds is 2. The predicted octanol–water partition coefficient (Wildman–Crippen LogP) is 3.92. The minimum Gasteiger partial charge on any atom is -0.348 e. The summed E-state index contributed by atoms with van der Waals surface area (Å²) < 4.78 is 0. The molecule has 0 amide bonds. The van der Waals surface area contributed by atoms with Crippen molar-refractivity contribution in [2.75, 3.05) is 18.0 Å². The van der Waals surface area contributed by atoms with Gasteiger partial charge in [-0.25, -0.2) is 4.98 Å². The molecule has 1 aliphatic carbocycles. The molecule has 0 unspecified atom stereocenters. The summed E-state index contributed by atoms with van der Waals surface area (Å²) in [6.07, 6.45) is 5.03. The van der Waals surface area contributed by atoms with Crippen molar-refractivity contribution < 1.29 is 9.59 Å². The first-order chi connectivity index (χ1) is 10.5. The second-order valence-corrected chi connectivity index (χ2v) is 7.17. The van der Waals surface area contributed by atoms with E-state index in [9.17, 15) is 9.59 Å². The van der Waals surface area contributed by atoms with Crippen LogP contribution in [0.2, 0.25) is 0 Å². The molecule has 0 atom stereocenters. The molecule has 2 heterocycles. The third-order valence-electron chi connectivity index (χ3n) is 3.60. The number of carbonyl (C=O) groups excluding carboxylic acids is 2. The second kappa shape index (κ2) is 6.32. The Balaban J connectivity index is 1.96. The van der Waals surface area contributed by atoms with Gasteiger partial charge in [0, 0.05) is 19.3 Å². The Morgan fingerprint density at radius 3 is 2.27 bits per heavy atom. The highest BCUT2D eigenvalue weighted by Gasteiger charge is 2.34. The number of hydrogen-bond acceptors (Lipinski definition) is 5. The molecular weight excluding hydrogens is 367 g/mol. The number of piperidine rings is 1. The zero-order valence-corrected chi connectivity index (χ0v) is 14.5. The molecule has 8 heteroatoms. The number of allylic oxidation sites excluding steroid dienone is 4. The summed E-state index contributed by atoms with van der Waals surface area (Å²) in [6.45, 7) is 1.89. The van der Waals surface area contributed by atoms with Gasteiger partial charge in [0.15, 0.2) is 5.13 Å². The Morgan fingerprint density at radius 1 is 0.955 bits per heavy atom. The largest absolute Gasteiger partial charge is 0.348 e. The van der Waals surface area contributed by atoms with Crippen LogP contribution in [0, 0.1) is 0 Å². The molecule has 116 valence electrons. The van der Waals surface area contributed by atoms with Crippen LogP contribution in [0.15, 0.2) is 21.3 Å². The van der Waals surface area contributed by atoms with Crippen LogP contribution in [0.25, 0.3) is 5.57 Å². The number of carbonyl (C=O) groups is 2. The molecule has 3 rings (SSSR count).